The zero-order valence-electron chi connectivity index (χ0n) is 14.4. The molecule has 1 aliphatic carbocycles. The molecule has 24 heavy (non-hydrogen) atoms. The van der Waals surface area contributed by atoms with Crippen LogP contribution in [0.3, 0.4) is 0 Å². The average Bonchev–Trinajstić information content (AvgIpc) is 3.24. The van der Waals surface area contributed by atoms with E-state index in [0.29, 0.717) is 29.9 Å². The lowest BCUT2D eigenvalue weighted by Gasteiger charge is -2.24. The standard InChI is InChI=1S/C17H23N5O2/c1-4-24-16-10-9-15(19-20-16)22-12(2)14(11-18-22)17(23)21(3)13-7-5-6-8-13/h9-11,13H,4-8H2,1-3H3. The molecule has 7 heteroatoms. The molecule has 2 aromatic heterocycles. The molecule has 1 amide bonds. The SMILES string of the molecule is CCOc1ccc(-n2ncc(C(=O)N(C)C3CCCC3)c2C)nn1. The van der Waals surface area contributed by atoms with Crippen molar-refractivity contribution in [2.75, 3.05) is 13.7 Å². The van der Waals surface area contributed by atoms with Crippen LogP contribution in [-0.4, -0.2) is 50.5 Å². The van der Waals surface area contributed by atoms with E-state index in [-0.39, 0.29) is 5.91 Å². The Morgan fingerprint density at radius 1 is 1.33 bits per heavy atom. The third-order valence-corrected chi connectivity index (χ3v) is 4.57. The molecule has 0 saturated heterocycles. The highest BCUT2D eigenvalue weighted by Gasteiger charge is 2.26. The van der Waals surface area contributed by atoms with Crippen molar-refractivity contribution in [1.82, 2.24) is 24.9 Å². The zero-order valence-corrected chi connectivity index (χ0v) is 14.4. The van der Waals surface area contributed by atoms with Gasteiger partial charge in [-0.2, -0.15) is 5.10 Å². The minimum Gasteiger partial charge on any atom is -0.477 e. The number of nitrogens with zero attached hydrogens (tertiary/aromatic N) is 5. The van der Waals surface area contributed by atoms with Crippen LogP contribution in [0.5, 0.6) is 5.88 Å². The second kappa shape index (κ2) is 6.98. The fourth-order valence-corrected chi connectivity index (χ4v) is 3.15. The van der Waals surface area contributed by atoms with Gasteiger partial charge in [0.2, 0.25) is 5.88 Å². The molecule has 0 N–H and O–H groups in total. The molecule has 128 valence electrons. The smallest absolute Gasteiger partial charge is 0.257 e. The molecule has 1 saturated carbocycles. The lowest BCUT2D eigenvalue weighted by Crippen LogP contribution is -2.35. The lowest BCUT2D eigenvalue weighted by atomic mass is 10.1. The summed E-state index contributed by atoms with van der Waals surface area (Å²) in [4.78, 5) is 14.6. The molecule has 0 spiro atoms. The van der Waals surface area contributed by atoms with Crippen LogP contribution in [-0.2, 0) is 0 Å². The monoisotopic (exact) mass is 329 g/mol. The topological polar surface area (TPSA) is 73.1 Å². The van der Waals surface area contributed by atoms with Crippen LogP contribution in [0.25, 0.3) is 5.82 Å². The lowest BCUT2D eigenvalue weighted by molar-refractivity contribution is 0.0734. The summed E-state index contributed by atoms with van der Waals surface area (Å²) < 4.78 is 6.93. The quantitative estimate of drug-likeness (QED) is 0.842. The van der Waals surface area contributed by atoms with E-state index in [0.717, 1.165) is 18.5 Å². The Bertz CT molecular complexity index is 704. The minimum atomic E-state index is 0.0181. The first-order chi connectivity index (χ1) is 11.6. The van der Waals surface area contributed by atoms with Gasteiger partial charge in [-0.1, -0.05) is 12.8 Å². The van der Waals surface area contributed by atoms with Crippen molar-refractivity contribution in [2.24, 2.45) is 0 Å². The van der Waals surface area contributed by atoms with Gasteiger partial charge < -0.3 is 9.64 Å². The second-order valence-electron chi connectivity index (χ2n) is 6.07. The maximum atomic E-state index is 12.8. The number of aromatic nitrogens is 4. The molecule has 2 aromatic rings. The van der Waals surface area contributed by atoms with Gasteiger partial charge in [0.15, 0.2) is 5.82 Å². The van der Waals surface area contributed by atoms with Crippen LogP contribution in [0, 0.1) is 6.92 Å². The third kappa shape index (κ3) is 3.11. The van der Waals surface area contributed by atoms with Crippen LogP contribution in [0.1, 0.15) is 48.7 Å². The predicted octanol–water partition coefficient (Wildman–Crippen LogP) is 2.38. The molecule has 7 nitrogen and oxygen atoms in total. The second-order valence-corrected chi connectivity index (χ2v) is 6.07. The normalized spacial score (nSPS) is 14.8. The summed E-state index contributed by atoms with van der Waals surface area (Å²) in [6.45, 7) is 4.31. The molecule has 0 radical (unpaired) electrons. The highest BCUT2D eigenvalue weighted by molar-refractivity contribution is 5.95. The summed E-state index contributed by atoms with van der Waals surface area (Å²) in [5, 5.41) is 12.5. The number of amides is 1. The van der Waals surface area contributed by atoms with Gasteiger partial charge in [0.05, 0.1) is 24.1 Å². The van der Waals surface area contributed by atoms with Gasteiger partial charge in [-0.15, -0.1) is 10.2 Å². The van der Waals surface area contributed by atoms with E-state index in [1.807, 2.05) is 25.8 Å². The fourth-order valence-electron chi connectivity index (χ4n) is 3.15. The van der Waals surface area contributed by atoms with Gasteiger partial charge >= 0.3 is 0 Å². The van der Waals surface area contributed by atoms with Crippen molar-refractivity contribution >= 4 is 5.91 Å². The highest BCUT2D eigenvalue weighted by atomic mass is 16.5. The first kappa shape index (κ1) is 16.4. The van der Waals surface area contributed by atoms with Crippen molar-refractivity contribution < 1.29 is 9.53 Å². The number of carbonyl (C=O) groups excluding carboxylic acids is 1. The molecular weight excluding hydrogens is 306 g/mol. The number of carbonyl (C=O) groups is 1. The van der Waals surface area contributed by atoms with Gasteiger partial charge in [-0.3, -0.25) is 4.79 Å². The first-order valence-corrected chi connectivity index (χ1v) is 8.40. The number of hydrogen-bond donors (Lipinski definition) is 0. The average molecular weight is 329 g/mol. The third-order valence-electron chi connectivity index (χ3n) is 4.57. The first-order valence-electron chi connectivity index (χ1n) is 8.40. The maximum absolute atomic E-state index is 12.8. The van der Waals surface area contributed by atoms with Crippen molar-refractivity contribution in [1.29, 1.82) is 0 Å². The van der Waals surface area contributed by atoms with Crippen molar-refractivity contribution in [3.05, 3.63) is 29.6 Å². The Hall–Kier alpha value is -2.44. The van der Waals surface area contributed by atoms with Crippen LogP contribution in [0.2, 0.25) is 0 Å². The summed E-state index contributed by atoms with van der Waals surface area (Å²) in [5.74, 6) is 1.06. The molecular formula is C17H23N5O2. The largest absolute Gasteiger partial charge is 0.477 e. The number of ether oxygens (including phenoxy) is 1. The maximum Gasteiger partial charge on any atom is 0.257 e. The predicted molar refractivity (Wildman–Crippen MR) is 89.4 cm³/mol. The van der Waals surface area contributed by atoms with Crippen LogP contribution < -0.4 is 4.74 Å². The van der Waals surface area contributed by atoms with E-state index < -0.39 is 0 Å². The summed E-state index contributed by atoms with van der Waals surface area (Å²) in [6, 6.07) is 3.87. The van der Waals surface area contributed by atoms with Gasteiger partial charge in [0, 0.05) is 19.2 Å². The van der Waals surface area contributed by atoms with E-state index >= 15 is 0 Å². The molecule has 1 aliphatic rings. The highest BCUT2D eigenvalue weighted by Crippen LogP contribution is 2.24. The Labute approximate surface area is 141 Å². The zero-order chi connectivity index (χ0) is 17.1. The van der Waals surface area contributed by atoms with Gasteiger partial charge in [-0.05, 0) is 32.8 Å². The molecule has 0 bridgehead atoms. The van der Waals surface area contributed by atoms with Crippen molar-refractivity contribution in [3.63, 3.8) is 0 Å². The minimum absolute atomic E-state index is 0.0181. The van der Waals surface area contributed by atoms with E-state index in [9.17, 15) is 4.79 Å². The molecule has 1 fully saturated rings. The Balaban J connectivity index is 1.81. The molecule has 0 unspecified atom stereocenters. The van der Waals surface area contributed by atoms with E-state index in [2.05, 4.69) is 15.3 Å². The molecule has 0 aliphatic heterocycles. The van der Waals surface area contributed by atoms with E-state index in [1.165, 1.54) is 12.8 Å². The fraction of sp³-hybridized carbons (Fsp3) is 0.529. The van der Waals surface area contributed by atoms with Crippen LogP contribution in [0.15, 0.2) is 18.3 Å². The van der Waals surface area contributed by atoms with Crippen molar-refractivity contribution in [2.45, 2.75) is 45.6 Å². The van der Waals surface area contributed by atoms with E-state index in [4.69, 9.17) is 4.74 Å². The Kier molecular flexibility index (Phi) is 4.78. The Morgan fingerprint density at radius 3 is 2.71 bits per heavy atom. The summed E-state index contributed by atoms with van der Waals surface area (Å²) in [6.07, 6.45) is 6.17. The summed E-state index contributed by atoms with van der Waals surface area (Å²) >= 11 is 0. The molecule has 3 rings (SSSR count). The number of rotatable bonds is 5. The molecule has 2 heterocycles. The van der Waals surface area contributed by atoms with Crippen LogP contribution >= 0.6 is 0 Å². The summed E-state index contributed by atoms with van der Waals surface area (Å²) in [7, 11) is 1.88. The van der Waals surface area contributed by atoms with Crippen molar-refractivity contribution in [3.8, 4) is 11.7 Å². The Morgan fingerprint density at radius 2 is 2.08 bits per heavy atom. The summed E-state index contributed by atoms with van der Waals surface area (Å²) in [5.41, 5.74) is 1.38. The van der Waals surface area contributed by atoms with Crippen LogP contribution in [0.4, 0.5) is 0 Å². The van der Waals surface area contributed by atoms with Gasteiger partial charge in [0.1, 0.15) is 0 Å². The van der Waals surface area contributed by atoms with Gasteiger partial charge in [0.25, 0.3) is 5.91 Å². The molecule has 0 aromatic carbocycles. The van der Waals surface area contributed by atoms with Gasteiger partial charge in [-0.25, -0.2) is 4.68 Å². The number of hydrogen-bond acceptors (Lipinski definition) is 5. The molecule has 0 atom stereocenters. The van der Waals surface area contributed by atoms with E-state index in [1.54, 1.807) is 23.0 Å².